The molecule has 0 amide bonds. The molecule has 2 rings (SSSR count). The van der Waals surface area contributed by atoms with Gasteiger partial charge in [0.2, 0.25) is 0 Å². The molecule has 2 atom stereocenters. The molecule has 2 heterocycles. The van der Waals surface area contributed by atoms with Crippen molar-refractivity contribution >= 4 is 5.69 Å². The molecule has 1 aromatic rings. The molecule has 2 unspecified atom stereocenters. The average molecular weight is 236 g/mol. The summed E-state index contributed by atoms with van der Waals surface area (Å²) in [4.78, 5) is 11.5. The van der Waals surface area contributed by atoms with Crippen molar-refractivity contribution < 1.29 is 4.74 Å². The first-order chi connectivity index (χ1) is 8.19. The Morgan fingerprint density at radius 2 is 2.35 bits per heavy atom. The van der Waals surface area contributed by atoms with Crippen molar-refractivity contribution in [2.75, 3.05) is 11.9 Å². The molecule has 94 valence electrons. The van der Waals surface area contributed by atoms with Crippen LogP contribution >= 0.6 is 0 Å². The van der Waals surface area contributed by atoms with Crippen molar-refractivity contribution in [1.29, 1.82) is 0 Å². The van der Waals surface area contributed by atoms with Crippen LogP contribution in [0.15, 0.2) is 23.1 Å². The van der Waals surface area contributed by atoms with Crippen LogP contribution < -0.4 is 10.9 Å². The molecule has 1 aliphatic heterocycles. The Balaban J connectivity index is 2.05. The largest absolute Gasteiger partial charge is 0.381 e. The molecule has 0 aromatic carbocycles. The Morgan fingerprint density at radius 3 is 3.06 bits per heavy atom. The van der Waals surface area contributed by atoms with Gasteiger partial charge in [0.15, 0.2) is 0 Å². The lowest BCUT2D eigenvalue weighted by atomic mass is 10.0. The monoisotopic (exact) mass is 236 g/mol. The van der Waals surface area contributed by atoms with Crippen LogP contribution in [0.1, 0.15) is 26.7 Å². The number of anilines is 1. The standard InChI is InChI=1S/C13H20N2O2/c1-3-15-9-12(4-5-13(15)16)14-11-6-7-17-10(2)8-11/h4-5,9-11,14H,3,6-8H2,1-2H3. The summed E-state index contributed by atoms with van der Waals surface area (Å²) in [5.74, 6) is 0. The van der Waals surface area contributed by atoms with Gasteiger partial charge in [0.25, 0.3) is 5.56 Å². The maximum Gasteiger partial charge on any atom is 0.250 e. The third-order valence-electron chi connectivity index (χ3n) is 3.18. The minimum atomic E-state index is 0.0541. The molecule has 0 saturated carbocycles. The Kier molecular flexibility index (Phi) is 3.84. The molecule has 4 heteroatoms. The zero-order chi connectivity index (χ0) is 12.3. The number of aromatic nitrogens is 1. The molecule has 0 spiro atoms. The fourth-order valence-electron chi connectivity index (χ4n) is 2.23. The zero-order valence-electron chi connectivity index (χ0n) is 10.5. The molecule has 1 aliphatic rings. The van der Waals surface area contributed by atoms with E-state index in [4.69, 9.17) is 4.74 Å². The zero-order valence-corrected chi connectivity index (χ0v) is 10.5. The van der Waals surface area contributed by atoms with E-state index in [0.717, 1.165) is 25.1 Å². The predicted octanol–water partition coefficient (Wildman–Crippen LogP) is 1.85. The van der Waals surface area contributed by atoms with Crippen molar-refractivity contribution in [2.45, 2.75) is 45.4 Å². The van der Waals surface area contributed by atoms with E-state index in [0.29, 0.717) is 18.7 Å². The number of pyridine rings is 1. The van der Waals surface area contributed by atoms with Crippen molar-refractivity contribution in [3.8, 4) is 0 Å². The molecule has 1 aromatic heterocycles. The first-order valence-corrected chi connectivity index (χ1v) is 6.27. The van der Waals surface area contributed by atoms with Gasteiger partial charge in [-0.15, -0.1) is 0 Å². The highest BCUT2D eigenvalue weighted by molar-refractivity contribution is 5.41. The molecule has 0 bridgehead atoms. The topological polar surface area (TPSA) is 43.3 Å². The SMILES string of the molecule is CCn1cc(NC2CCOC(C)C2)ccc1=O. The second-order valence-electron chi connectivity index (χ2n) is 4.59. The van der Waals surface area contributed by atoms with Gasteiger partial charge >= 0.3 is 0 Å². The third kappa shape index (κ3) is 3.09. The summed E-state index contributed by atoms with van der Waals surface area (Å²) in [6, 6.07) is 3.92. The van der Waals surface area contributed by atoms with E-state index < -0.39 is 0 Å². The van der Waals surface area contributed by atoms with Gasteiger partial charge in [0.1, 0.15) is 0 Å². The maximum atomic E-state index is 11.5. The first-order valence-electron chi connectivity index (χ1n) is 6.27. The number of nitrogens with one attached hydrogen (secondary N) is 1. The van der Waals surface area contributed by atoms with E-state index in [9.17, 15) is 4.79 Å². The molecule has 1 fully saturated rings. The number of nitrogens with zero attached hydrogens (tertiary/aromatic N) is 1. The lowest BCUT2D eigenvalue weighted by molar-refractivity contribution is 0.0232. The van der Waals surface area contributed by atoms with Gasteiger partial charge in [-0.2, -0.15) is 0 Å². The summed E-state index contributed by atoms with van der Waals surface area (Å²) in [6.45, 7) is 5.59. The number of hydrogen-bond acceptors (Lipinski definition) is 3. The molecule has 1 saturated heterocycles. The normalized spacial score (nSPS) is 24.6. The van der Waals surface area contributed by atoms with Crippen LogP contribution in [-0.2, 0) is 11.3 Å². The average Bonchev–Trinajstić information content (AvgIpc) is 2.32. The molecule has 0 radical (unpaired) electrons. The fraction of sp³-hybridized carbons (Fsp3) is 0.615. The number of ether oxygens (including phenoxy) is 1. The van der Waals surface area contributed by atoms with Gasteiger partial charge < -0.3 is 14.6 Å². The minimum Gasteiger partial charge on any atom is -0.381 e. The summed E-state index contributed by atoms with van der Waals surface area (Å²) in [7, 11) is 0. The van der Waals surface area contributed by atoms with Crippen molar-refractivity contribution in [1.82, 2.24) is 4.57 Å². The van der Waals surface area contributed by atoms with E-state index in [1.54, 1.807) is 10.6 Å². The Bertz CT molecular complexity index is 428. The minimum absolute atomic E-state index is 0.0541. The van der Waals surface area contributed by atoms with Gasteiger partial charge in [-0.05, 0) is 32.8 Å². The van der Waals surface area contributed by atoms with Crippen LogP contribution in [0.4, 0.5) is 5.69 Å². The summed E-state index contributed by atoms with van der Waals surface area (Å²) in [5.41, 5.74) is 1.07. The van der Waals surface area contributed by atoms with Crippen molar-refractivity contribution in [3.63, 3.8) is 0 Å². The second-order valence-corrected chi connectivity index (χ2v) is 4.59. The van der Waals surface area contributed by atoms with Gasteiger partial charge in [0, 0.05) is 31.5 Å². The summed E-state index contributed by atoms with van der Waals surface area (Å²) in [5, 5.41) is 3.47. The lowest BCUT2D eigenvalue weighted by Crippen LogP contribution is -2.33. The van der Waals surface area contributed by atoms with E-state index in [2.05, 4.69) is 12.2 Å². The number of hydrogen-bond donors (Lipinski definition) is 1. The van der Waals surface area contributed by atoms with Crippen LogP contribution in [0, 0.1) is 0 Å². The van der Waals surface area contributed by atoms with Crippen LogP contribution in [0.25, 0.3) is 0 Å². The van der Waals surface area contributed by atoms with E-state index >= 15 is 0 Å². The summed E-state index contributed by atoms with van der Waals surface area (Å²) in [6.07, 6.45) is 4.25. The van der Waals surface area contributed by atoms with Crippen LogP contribution in [-0.4, -0.2) is 23.3 Å². The van der Waals surface area contributed by atoms with E-state index in [1.165, 1.54) is 0 Å². The highest BCUT2D eigenvalue weighted by Gasteiger charge is 2.18. The molecular formula is C13H20N2O2. The van der Waals surface area contributed by atoms with Crippen molar-refractivity contribution in [3.05, 3.63) is 28.7 Å². The molecule has 1 N–H and O–H groups in total. The van der Waals surface area contributed by atoms with Gasteiger partial charge in [-0.3, -0.25) is 4.79 Å². The quantitative estimate of drug-likeness (QED) is 0.871. The van der Waals surface area contributed by atoms with Crippen LogP contribution in [0.5, 0.6) is 0 Å². The fourth-order valence-corrected chi connectivity index (χ4v) is 2.23. The lowest BCUT2D eigenvalue weighted by Gasteiger charge is -2.28. The van der Waals surface area contributed by atoms with Gasteiger partial charge in [0.05, 0.1) is 11.8 Å². The molecular weight excluding hydrogens is 216 g/mol. The van der Waals surface area contributed by atoms with E-state index in [-0.39, 0.29) is 5.56 Å². The van der Waals surface area contributed by atoms with Gasteiger partial charge in [-0.1, -0.05) is 0 Å². The first kappa shape index (κ1) is 12.2. The van der Waals surface area contributed by atoms with E-state index in [1.807, 2.05) is 19.2 Å². The molecule has 4 nitrogen and oxygen atoms in total. The number of rotatable bonds is 3. The highest BCUT2D eigenvalue weighted by Crippen LogP contribution is 2.17. The second kappa shape index (κ2) is 5.36. The highest BCUT2D eigenvalue weighted by atomic mass is 16.5. The summed E-state index contributed by atoms with van der Waals surface area (Å²) >= 11 is 0. The molecule has 17 heavy (non-hydrogen) atoms. The predicted molar refractivity (Wildman–Crippen MR) is 68.4 cm³/mol. The Labute approximate surface area is 102 Å². The summed E-state index contributed by atoms with van der Waals surface area (Å²) < 4.78 is 7.23. The number of aryl methyl sites for hydroxylation is 1. The van der Waals surface area contributed by atoms with Crippen molar-refractivity contribution in [2.24, 2.45) is 0 Å². The molecule has 0 aliphatic carbocycles. The Hall–Kier alpha value is -1.29. The Morgan fingerprint density at radius 1 is 1.53 bits per heavy atom. The van der Waals surface area contributed by atoms with Crippen LogP contribution in [0.3, 0.4) is 0 Å². The van der Waals surface area contributed by atoms with Crippen LogP contribution in [0.2, 0.25) is 0 Å². The maximum absolute atomic E-state index is 11.5. The van der Waals surface area contributed by atoms with Gasteiger partial charge in [-0.25, -0.2) is 0 Å². The third-order valence-corrected chi connectivity index (χ3v) is 3.18. The smallest absolute Gasteiger partial charge is 0.250 e.